The summed E-state index contributed by atoms with van der Waals surface area (Å²) in [6, 6.07) is 7.20. The SMILES string of the molecule is CCOC(=O)c1cc([N+](=O)[O-])cnc1/C=C/c1ccc(C)cc1C. The lowest BCUT2D eigenvalue weighted by Gasteiger charge is -2.05. The third-order valence-corrected chi connectivity index (χ3v) is 3.46. The summed E-state index contributed by atoms with van der Waals surface area (Å²) in [5.41, 5.74) is 3.39. The van der Waals surface area contributed by atoms with Crippen LogP contribution in [0, 0.1) is 24.0 Å². The number of carbonyl (C=O) groups is 1. The second-order valence-corrected chi connectivity index (χ2v) is 5.30. The van der Waals surface area contributed by atoms with Crippen molar-refractivity contribution >= 4 is 23.8 Å². The number of hydrogen-bond acceptors (Lipinski definition) is 5. The van der Waals surface area contributed by atoms with E-state index in [-0.39, 0.29) is 17.9 Å². The van der Waals surface area contributed by atoms with E-state index in [1.54, 1.807) is 13.0 Å². The number of aryl methyl sites for hydroxylation is 2. The molecule has 0 aliphatic heterocycles. The summed E-state index contributed by atoms with van der Waals surface area (Å²) >= 11 is 0. The molecule has 0 spiro atoms. The highest BCUT2D eigenvalue weighted by Gasteiger charge is 2.17. The Morgan fingerprint density at radius 3 is 2.67 bits per heavy atom. The highest BCUT2D eigenvalue weighted by atomic mass is 16.6. The summed E-state index contributed by atoms with van der Waals surface area (Å²) in [6.45, 7) is 5.86. The van der Waals surface area contributed by atoms with Gasteiger partial charge in [0.1, 0.15) is 6.20 Å². The molecule has 0 unspecified atom stereocenters. The summed E-state index contributed by atoms with van der Waals surface area (Å²) in [5, 5.41) is 10.9. The fraction of sp³-hybridized carbons (Fsp3) is 0.222. The van der Waals surface area contributed by atoms with Crippen molar-refractivity contribution < 1.29 is 14.5 Å². The molecule has 0 saturated carbocycles. The van der Waals surface area contributed by atoms with E-state index < -0.39 is 10.9 Å². The number of rotatable bonds is 5. The van der Waals surface area contributed by atoms with Gasteiger partial charge in [-0.05, 0) is 38.0 Å². The van der Waals surface area contributed by atoms with Crippen LogP contribution in [0.15, 0.2) is 30.5 Å². The Hall–Kier alpha value is -3.02. The standard InChI is InChI=1S/C18H18N2O4/c1-4-24-18(21)16-10-15(20(22)23)11-19-17(16)8-7-14-6-5-12(2)9-13(14)3/h5-11H,4H2,1-3H3/b8-7+. The van der Waals surface area contributed by atoms with E-state index in [1.165, 1.54) is 6.07 Å². The Kier molecular flexibility index (Phi) is 5.42. The maximum Gasteiger partial charge on any atom is 0.340 e. The zero-order chi connectivity index (χ0) is 17.7. The van der Waals surface area contributed by atoms with Crippen molar-refractivity contribution in [2.45, 2.75) is 20.8 Å². The van der Waals surface area contributed by atoms with Gasteiger partial charge in [0.2, 0.25) is 0 Å². The van der Waals surface area contributed by atoms with Crippen LogP contribution in [0.1, 0.15) is 39.7 Å². The maximum absolute atomic E-state index is 12.0. The third kappa shape index (κ3) is 4.04. The predicted octanol–water partition coefficient (Wildman–Crippen LogP) is 3.95. The Bertz CT molecular complexity index is 813. The first-order chi connectivity index (χ1) is 11.4. The fourth-order valence-electron chi connectivity index (χ4n) is 2.25. The van der Waals surface area contributed by atoms with Crippen LogP contribution in [0.2, 0.25) is 0 Å². The average molecular weight is 326 g/mol. The summed E-state index contributed by atoms with van der Waals surface area (Å²) < 4.78 is 4.96. The van der Waals surface area contributed by atoms with Crippen LogP contribution in [0.5, 0.6) is 0 Å². The number of aromatic nitrogens is 1. The lowest BCUT2D eigenvalue weighted by Crippen LogP contribution is -2.08. The molecule has 124 valence electrons. The van der Waals surface area contributed by atoms with Crippen molar-refractivity contribution in [2.24, 2.45) is 0 Å². The molecule has 0 radical (unpaired) electrons. The second kappa shape index (κ2) is 7.50. The van der Waals surface area contributed by atoms with E-state index in [0.717, 1.165) is 22.9 Å². The first kappa shape index (κ1) is 17.3. The largest absolute Gasteiger partial charge is 0.462 e. The molecule has 0 bridgehead atoms. The molecule has 2 rings (SSSR count). The van der Waals surface area contributed by atoms with E-state index in [4.69, 9.17) is 4.74 Å². The van der Waals surface area contributed by atoms with E-state index >= 15 is 0 Å². The number of carbonyl (C=O) groups excluding carboxylic acids is 1. The minimum Gasteiger partial charge on any atom is -0.462 e. The van der Waals surface area contributed by atoms with Gasteiger partial charge in [-0.25, -0.2) is 9.78 Å². The quantitative estimate of drug-likeness (QED) is 0.472. The van der Waals surface area contributed by atoms with Crippen LogP contribution in [-0.2, 0) is 4.74 Å². The zero-order valence-electron chi connectivity index (χ0n) is 13.8. The molecule has 0 N–H and O–H groups in total. The van der Waals surface area contributed by atoms with Gasteiger partial charge in [0, 0.05) is 6.07 Å². The van der Waals surface area contributed by atoms with Crippen LogP contribution in [0.4, 0.5) is 5.69 Å². The molecule has 2 aromatic rings. The van der Waals surface area contributed by atoms with Crippen molar-refractivity contribution in [3.05, 3.63) is 68.5 Å². The van der Waals surface area contributed by atoms with Gasteiger partial charge in [-0.1, -0.05) is 29.8 Å². The minimum absolute atomic E-state index is 0.0760. The lowest BCUT2D eigenvalue weighted by atomic mass is 10.0. The van der Waals surface area contributed by atoms with E-state index in [2.05, 4.69) is 11.1 Å². The van der Waals surface area contributed by atoms with E-state index in [9.17, 15) is 14.9 Å². The zero-order valence-corrected chi connectivity index (χ0v) is 13.8. The fourth-order valence-corrected chi connectivity index (χ4v) is 2.25. The molecule has 1 heterocycles. The van der Waals surface area contributed by atoms with E-state index in [1.807, 2.05) is 32.1 Å². The normalized spacial score (nSPS) is 10.8. The molecule has 24 heavy (non-hydrogen) atoms. The number of hydrogen-bond donors (Lipinski definition) is 0. The van der Waals surface area contributed by atoms with Crippen molar-refractivity contribution in [3.8, 4) is 0 Å². The molecule has 1 aromatic carbocycles. The molecule has 0 aliphatic rings. The lowest BCUT2D eigenvalue weighted by molar-refractivity contribution is -0.385. The molecule has 0 saturated heterocycles. The van der Waals surface area contributed by atoms with E-state index in [0.29, 0.717) is 5.69 Å². The molecule has 1 aromatic heterocycles. The van der Waals surface area contributed by atoms with Crippen LogP contribution in [-0.4, -0.2) is 22.5 Å². The molecule has 0 aliphatic carbocycles. The second-order valence-electron chi connectivity index (χ2n) is 5.30. The Labute approximate surface area is 140 Å². The molecular weight excluding hydrogens is 308 g/mol. The Balaban J connectivity index is 2.43. The number of esters is 1. The van der Waals surface area contributed by atoms with Gasteiger partial charge >= 0.3 is 5.97 Å². The number of benzene rings is 1. The van der Waals surface area contributed by atoms with Gasteiger partial charge < -0.3 is 4.74 Å². The monoisotopic (exact) mass is 326 g/mol. The van der Waals surface area contributed by atoms with Crippen LogP contribution in [0.3, 0.4) is 0 Å². The third-order valence-electron chi connectivity index (χ3n) is 3.46. The van der Waals surface area contributed by atoms with Crippen LogP contribution >= 0.6 is 0 Å². The Morgan fingerprint density at radius 1 is 1.29 bits per heavy atom. The molecule has 0 amide bonds. The Morgan fingerprint density at radius 2 is 2.04 bits per heavy atom. The van der Waals surface area contributed by atoms with Crippen LogP contribution in [0.25, 0.3) is 12.2 Å². The molecule has 0 fully saturated rings. The van der Waals surface area contributed by atoms with Crippen molar-refractivity contribution in [1.82, 2.24) is 4.98 Å². The van der Waals surface area contributed by atoms with Gasteiger partial charge in [0.15, 0.2) is 0 Å². The number of ether oxygens (including phenoxy) is 1. The van der Waals surface area contributed by atoms with Gasteiger partial charge in [-0.15, -0.1) is 0 Å². The summed E-state index contributed by atoms with van der Waals surface area (Å²) in [4.78, 5) is 26.4. The average Bonchev–Trinajstić information content (AvgIpc) is 2.54. The van der Waals surface area contributed by atoms with Crippen molar-refractivity contribution in [3.63, 3.8) is 0 Å². The molecule has 0 atom stereocenters. The summed E-state index contributed by atoms with van der Waals surface area (Å²) in [5.74, 6) is -0.631. The topological polar surface area (TPSA) is 82.3 Å². The highest BCUT2D eigenvalue weighted by molar-refractivity contribution is 5.94. The van der Waals surface area contributed by atoms with Crippen molar-refractivity contribution in [1.29, 1.82) is 0 Å². The predicted molar refractivity (Wildman–Crippen MR) is 91.7 cm³/mol. The minimum atomic E-state index is -0.631. The molecule has 6 heteroatoms. The number of pyridine rings is 1. The highest BCUT2D eigenvalue weighted by Crippen LogP contribution is 2.20. The van der Waals surface area contributed by atoms with Gasteiger partial charge in [0.05, 0.1) is 22.8 Å². The van der Waals surface area contributed by atoms with Gasteiger partial charge in [-0.2, -0.15) is 0 Å². The summed E-state index contributed by atoms with van der Waals surface area (Å²) in [6.07, 6.45) is 4.61. The summed E-state index contributed by atoms with van der Waals surface area (Å²) in [7, 11) is 0. The first-order valence-corrected chi connectivity index (χ1v) is 7.49. The first-order valence-electron chi connectivity index (χ1n) is 7.49. The number of nitro groups is 1. The maximum atomic E-state index is 12.0. The van der Waals surface area contributed by atoms with Gasteiger partial charge in [-0.3, -0.25) is 10.1 Å². The van der Waals surface area contributed by atoms with Gasteiger partial charge in [0.25, 0.3) is 5.69 Å². The van der Waals surface area contributed by atoms with Crippen molar-refractivity contribution in [2.75, 3.05) is 6.61 Å². The molecule has 6 nitrogen and oxygen atoms in total. The smallest absolute Gasteiger partial charge is 0.340 e. The number of nitrogens with zero attached hydrogens (tertiary/aromatic N) is 2. The van der Waals surface area contributed by atoms with Crippen LogP contribution < -0.4 is 0 Å². The molecular formula is C18H18N2O4.